The van der Waals surface area contributed by atoms with Gasteiger partial charge in [-0.3, -0.25) is 14.3 Å². The van der Waals surface area contributed by atoms with E-state index in [2.05, 4.69) is 34.8 Å². The van der Waals surface area contributed by atoms with Crippen molar-refractivity contribution in [1.29, 1.82) is 0 Å². The largest absolute Gasteiger partial charge is 0.322 e. The second-order valence-corrected chi connectivity index (χ2v) is 6.48. The molecule has 0 atom stereocenters. The zero-order valence-corrected chi connectivity index (χ0v) is 16.5. The number of hydrogen-bond donors (Lipinski definition) is 2. The molecule has 0 radical (unpaired) electrons. The van der Waals surface area contributed by atoms with Gasteiger partial charge in [-0.2, -0.15) is 5.10 Å². The minimum Gasteiger partial charge on any atom is -0.322 e. The van der Waals surface area contributed by atoms with Crippen LogP contribution in [0.25, 0.3) is 11.3 Å². The van der Waals surface area contributed by atoms with Gasteiger partial charge in [-0.25, -0.2) is 0 Å². The molecular formula is C24H20N4O2. The van der Waals surface area contributed by atoms with Gasteiger partial charge in [-0.1, -0.05) is 43.4 Å². The summed E-state index contributed by atoms with van der Waals surface area (Å²) in [6.07, 6.45) is 6.79. The molecular weight excluding hydrogens is 376 g/mol. The van der Waals surface area contributed by atoms with Crippen molar-refractivity contribution in [2.24, 2.45) is 7.05 Å². The molecule has 0 bridgehead atoms. The number of rotatable bonds is 6. The summed E-state index contributed by atoms with van der Waals surface area (Å²) in [6.45, 7) is 7.14. The van der Waals surface area contributed by atoms with Gasteiger partial charge >= 0.3 is 0 Å². The Morgan fingerprint density at radius 1 is 1.13 bits per heavy atom. The summed E-state index contributed by atoms with van der Waals surface area (Å²) in [4.78, 5) is 24.4. The number of amides is 2. The van der Waals surface area contributed by atoms with E-state index < -0.39 is 0 Å². The Bertz CT molecular complexity index is 1180. The van der Waals surface area contributed by atoms with Crippen molar-refractivity contribution in [2.75, 3.05) is 10.6 Å². The number of nitrogens with one attached hydrogen (secondary N) is 2. The summed E-state index contributed by atoms with van der Waals surface area (Å²) < 4.78 is 1.59. The summed E-state index contributed by atoms with van der Waals surface area (Å²) in [7, 11) is 1.74. The molecule has 2 amide bonds. The van der Waals surface area contributed by atoms with Crippen molar-refractivity contribution in [3.63, 3.8) is 0 Å². The summed E-state index contributed by atoms with van der Waals surface area (Å²) >= 11 is 0. The molecule has 148 valence electrons. The molecule has 30 heavy (non-hydrogen) atoms. The highest BCUT2D eigenvalue weighted by Crippen LogP contribution is 2.23. The van der Waals surface area contributed by atoms with Gasteiger partial charge in [0.15, 0.2) is 0 Å². The Labute approximate surface area is 174 Å². The molecule has 3 aromatic rings. The van der Waals surface area contributed by atoms with Crippen LogP contribution in [0.5, 0.6) is 0 Å². The van der Waals surface area contributed by atoms with Crippen LogP contribution < -0.4 is 10.6 Å². The van der Waals surface area contributed by atoms with E-state index >= 15 is 0 Å². The summed E-state index contributed by atoms with van der Waals surface area (Å²) in [5.74, 6) is 2.47. The maximum absolute atomic E-state index is 12.5. The quantitative estimate of drug-likeness (QED) is 0.376. The first-order chi connectivity index (χ1) is 14.4. The monoisotopic (exact) mass is 396 g/mol. The van der Waals surface area contributed by atoms with Gasteiger partial charge < -0.3 is 10.6 Å². The minimum atomic E-state index is -0.311. The topological polar surface area (TPSA) is 76.0 Å². The molecule has 0 spiro atoms. The first-order valence-corrected chi connectivity index (χ1v) is 9.06. The Morgan fingerprint density at radius 2 is 1.87 bits per heavy atom. The molecule has 1 heterocycles. The fraction of sp³-hybridized carbons (Fsp3) is 0.0417. The van der Waals surface area contributed by atoms with E-state index in [9.17, 15) is 9.59 Å². The molecule has 0 saturated carbocycles. The molecule has 0 aliphatic rings. The van der Waals surface area contributed by atoms with Gasteiger partial charge in [-0.05, 0) is 30.3 Å². The van der Waals surface area contributed by atoms with Crippen molar-refractivity contribution in [3.05, 3.63) is 90.5 Å². The van der Waals surface area contributed by atoms with Crippen molar-refractivity contribution >= 4 is 23.3 Å². The van der Waals surface area contributed by atoms with Crippen molar-refractivity contribution < 1.29 is 9.59 Å². The first kappa shape index (κ1) is 20.4. The maximum Gasteiger partial charge on any atom is 0.256 e. The molecule has 3 rings (SSSR count). The van der Waals surface area contributed by atoms with Gasteiger partial charge in [0.05, 0.1) is 5.69 Å². The molecule has 1 aromatic heterocycles. The van der Waals surface area contributed by atoms with Crippen molar-refractivity contribution in [1.82, 2.24) is 9.78 Å². The van der Waals surface area contributed by atoms with Gasteiger partial charge in [0.1, 0.15) is 5.82 Å². The lowest BCUT2D eigenvalue weighted by Crippen LogP contribution is -2.14. The normalized spacial score (nSPS) is 10.0. The van der Waals surface area contributed by atoms with Crippen LogP contribution >= 0.6 is 0 Å². The Kier molecular flexibility index (Phi) is 5.94. The summed E-state index contributed by atoms with van der Waals surface area (Å²) in [5, 5.41) is 10.0. The molecule has 0 saturated heterocycles. The molecule has 0 aliphatic heterocycles. The van der Waals surface area contributed by atoms with E-state index in [1.54, 1.807) is 54.2 Å². The average molecular weight is 396 g/mol. The maximum atomic E-state index is 12.5. The van der Waals surface area contributed by atoms with E-state index in [0.29, 0.717) is 28.3 Å². The highest BCUT2D eigenvalue weighted by Gasteiger charge is 2.12. The standard InChI is InChI=1S/C24H20N4O2/c1-5-16(3)23(29)25-20-12-10-18(11-13-20)21-15-22(28(4)27-21)26-24(30)19-9-7-8-17(6-2)14-19/h2,5,7-15H,1,3H2,4H3,(H,25,29)(H,26,30). The average Bonchev–Trinajstić information content (AvgIpc) is 3.13. The minimum absolute atomic E-state index is 0.276. The van der Waals surface area contributed by atoms with Crippen molar-refractivity contribution in [2.45, 2.75) is 0 Å². The highest BCUT2D eigenvalue weighted by atomic mass is 16.2. The number of terminal acetylenes is 1. The van der Waals surface area contributed by atoms with E-state index in [1.165, 1.54) is 6.08 Å². The lowest BCUT2D eigenvalue weighted by molar-refractivity contribution is -0.112. The Hall–Kier alpha value is -4.37. The van der Waals surface area contributed by atoms with Gasteiger partial charge in [-0.15, -0.1) is 6.42 Å². The second kappa shape index (κ2) is 8.76. The molecule has 2 aromatic carbocycles. The van der Waals surface area contributed by atoms with E-state index in [4.69, 9.17) is 6.42 Å². The predicted molar refractivity (Wildman–Crippen MR) is 119 cm³/mol. The van der Waals surface area contributed by atoms with E-state index in [0.717, 1.165) is 5.56 Å². The Balaban J connectivity index is 1.75. The van der Waals surface area contributed by atoms with Gasteiger partial charge in [0.2, 0.25) is 0 Å². The Morgan fingerprint density at radius 3 is 2.53 bits per heavy atom. The van der Waals surface area contributed by atoms with Crippen LogP contribution in [-0.4, -0.2) is 21.6 Å². The second-order valence-electron chi connectivity index (χ2n) is 6.48. The van der Waals surface area contributed by atoms with Crippen LogP contribution in [0, 0.1) is 12.3 Å². The first-order valence-electron chi connectivity index (χ1n) is 9.06. The van der Waals surface area contributed by atoms with E-state index in [1.807, 2.05) is 12.1 Å². The van der Waals surface area contributed by atoms with Crippen molar-refractivity contribution in [3.8, 4) is 23.6 Å². The highest BCUT2D eigenvalue weighted by molar-refractivity contribution is 6.05. The van der Waals surface area contributed by atoms with Gasteiger partial charge in [0.25, 0.3) is 11.8 Å². The molecule has 0 fully saturated rings. The van der Waals surface area contributed by atoms with Crippen LogP contribution in [0.1, 0.15) is 15.9 Å². The van der Waals surface area contributed by atoms with Crippen LogP contribution in [0.2, 0.25) is 0 Å². The van der Waals surface area contributed by atoms with Crippen LogP contribution in [0.4, 0.5) is 11.5 Å². The van der Waals surface area contributed by atoms with Crippen LogP contribution in [0.15, 0.2) is 79.4 Å². The third-order valence-electron chi connectivity index (χ3n) is 4.39. The molecule has 2 N–H and O–H groups in total. The number of aromatic nitrogens is 2. The summed E-state index contributed by atoms with van der Waals surface area (Å²) in [5.41, 5.74) is 3.53. The number of aryl methyl sites for hydroxylation is 1. The molecule has 6 nitrogen and oxygen atoms in total. The fourth-order valence-electron chi connectivity index (χ4n) is 2.69. The number of hydrogen-bond acceptors (Lipinski definition) is 3. The SMILES string of the molecule is C#Cc1cccc(C(=O)Nc2cc(-c3ccc(NC(=O)C(=C)C=C)cc3)nn2C)c1. The van der Waals surface area contributed by atoms with E-state index in [-0.39, 0.29) is 17.4 Å². The zero-order valence-electron chi connectivity index (χ0n) is 16.5. The van der Waals surface area contributed by atoms with Gasteiger partial charge in [0, 0.05) is 41.1 Å². The summed E-state index contributed by atoms with van der Waals surface area (Å²) in [6, 6.07) is 15.8. The number of carbonyl (C=O) groups is 2. The zero-order chi connectivity index (χ0) is 21.7. The molecule has 0 aliphatic carbocycles. The third kappa shape index (κ3) is 4.54. The lowest BCUT2D eigenvalue weighted by atomic mass is 10.1. The fourth-order valence-corrected chi connectivity index (χ4v) is 2.69. The molecule has 0 unspecified atom stereocenters. The third-order valence-corrected chi connectivity index (χ3v) is 4.39. The van der Waals surface area contributed by atoms with Crippen LogP contribution in [-0.2, 0) is 11.8 Å². The lowest BCUT2D eigenvalue weighted by Gasteiger charge is -2.05. The smallest absolute Gasteiger partial charge is 0.256 e. The number of carbonyl (C=O) groups excluding carboxylic acids is 2. The van der Waals surface area contributed by atoms with Crippen LogP contribution in [0.3, 0.4) is 0 Å². The predicted octanol–water partition coefficient (Wildman–Crippen LogP) is 4.00. The number of anilines is 2. The number of nitrogens with zero attached hydrogens (tertiary/aromatic N) is 2. The number of benzene rings is 2. The molecule has 6 heteroatoms.